The summed E-state index contributed by atoms with van der Waals surface area (Å²) in [7, 11) is 0. The number of carbonyl (C=O) groups is 1. The summed E-state index contributed by atoms with van der Waals surface area (Å²) in [4.78, 5) is 11.0. The van der Waals surface area contributed by atoms with Crippen LogP contribution in [0.1, 0.15) is 52.9 Å². The van der Waals surface area contributed by atoms with Gasteiger partial charge in [0.25, 0.3) is 0 Å². The minimum absolute atomic E-state index is 0.545. The molecule has 82 valence electrons. The van der Waals surface area contributed by atoms with E-state index in [2.05, 4.69) is 6.92 Å². The molecule has 2 nitrogen and oxygen atoms in total. The molecule has 0 unspecified atom stereocenters. The summed E-state index contributed by atoms with van der Waals surface area (Å²) in [6.45, 7) is 5.95. The van der Waals surface area contributed by atoms with E-state index < -0.39 is 11.4 Å². The Kier molecular flexibility index (Phi) is 3.57. The zero-order valence-electron chi connectivity index (χ0n) is 9.55. The lowest BCUT2D eigenvalue weighted by Gasteiger charge is -2.33. The molecular weight excluding hydrogens is 176 g/mol. The first-order valence-electron chi connectivity index (χ1n) is 5.67. The molecule has 2 atom stereocenters. The number of carboxylic acid groups (broad SMARTS) is 1. The van der Waals surface area contributed by atoms with Crippen molar-refractivity contribution in [2.75, 3.05) is 0 Å². The van der Waals surface area contributed by atoms with Gasteiger partial charge in [0.05, 0.1) is 5.41 Å². The number of hydrogen-bond donors (Lipinski definition) is 1. The van der Waals surface area contributed by atoms with Crippen LogP contribution in [0.4, 0.5) is 0 Å². The summed E-state index contributed by atoms with van der Waals surface area (Å²) < 4.78 is 0. The third kappa shape index (κ3) is 2.73. The van der Waals surface area contributed by atoms with Gasteiger partial charge in [-0.2, -0.15) is 0 Å². The van der Waals surface area contributed by atoms with Crippen molar-refractivity contribution in [3.8, 4) is 0 Å². The molecule has 1 aliphatic carbocycles. The molecular formula is C12H22O2. The molecule has 0 bridgehead atoms. The van der Waals surface area contributed by atoms with E-state index in [0.717, 1.165) is 6.42 Å². The number of rotatable bonds is 3. The summed E-state index contributed by atoms with van der Waals surface area (Å²) in [6, 6.07) is 0. The fourth-order valence-corrected chi connectivity index (χ4v) is 2.44. The van der Waals surface area contributed by atoms with E-state index in [1.165, 1.54) is 25.7 Å². The lowest BCUT2D eigenvalue weighted by molar-refractivity contribution is -0.148. The molecule has 0 aromatic carbocycles. The monoisotopic (exact) mass is 198 g/mol. The predicted molar refractivity (Wildman–Crippen MR) is 57.2 cm³/mol. The normalized spacial score (nSPS) is 28.8. The molecule has 0 amide bonds. The average Bonchev–Trinajstić information content (AvgIpc) is 2.08. The minimum atomic E-state index is -0.657. The van der Waals surface area contributed by atoms with Gasteiger partial charge in [0.15, 0.2) is 0 Å². The Balaban J connectivity index is 2.53. The van der Waals surface area contributed by atoms with E-state index in [-0.39, 0.29) is 0 Å². The first-order chi connectivity index (χ1) is 6.43. The zero-order chi connectivity index (χ0) is 10.8. The van der Waals surface area contributed by atoms with Crippen LogP contribution in [-0.2, 0) is 4.79 Å². The number of hydrogen-bond acceptors (Lipinski definition) is 1. The fraction of sp³-hybridized carbons (Fsp3) is 0.917. The summed E-state index contributed by atoms with van der Waals surface area (Å²) in [6.07, 6.45) is 5.94. The molecule has 0 aromatic heterocycles. The van der Waals surface area contributed by atoms with E-state index in [4.69, 9.17) is 5.11 Å². The summed E-state index contributed by atoms with van der Waals surface area (Å²) in [5.74, 6) is 0.674. The third-order valence-corrected chi connectivity index (χ3v) is 3.64. The van der Waals surface area contributed by atoms with Crippen molar-refractivity contribution in [2.45, 2.75) is 52.9 Å². The third-order valence-electron chi connectivity index (χ3n) is 3.64. The van der Waals surface area contributed by atoms with Crippen molar-refractivity contribution in [3.05, 3.63) is 0 Å². The number of aliphatic carboxylic acids is 1. The summed E-state index contributed by atoms with van der Waals surface area (Å²) in [5.41, 5.74) is -0.545. The van der Waals surface area contributed by atoms with Crippen LogP contribution in [0.3, 0.4) is 0 Å². The largest absolute Gasteiger partial charge is 0.481 e. The minimum Gasteiger partial charge on any atom is -0.481 e. The Labute approximate surface area is 86.7 Å². The van der Waals surface area contributed by atoms with Gasteiger partial charge in [-0.3, -0.25) is 4.79 Å². The molecule has 0 radical (unpaired) electrons. The maximum atomic E-state index is 11.0. The molecule has 2 heteroatoms. The van der Waals surface area contributed by atoms with Crippen molar-refractivity contribution in [2.24, 2.45) is 17.3 Å². The van der Waals surface area contributed by atoms with Gasteiger partial charge in [0.1, 0.15) is 0 Å². The van der Waals surface area contributed by atoms with Crippen LogP contribution in [0.15, 0.2) is 0 Å². The molecule has 1 saturated carbocycles. The standard InChI is InChI=1S/C12H22O2/c1-9-6-4-5-7-10(9)8-12(2,3)11(13)14/h9-10H,4-8H2,1-3H3,(H,13,14)/t9-,10+/m0/s1. The second-order valence-corrected chi connectivity index (χ2v) is 5.41. The SMILES string of the molecule is C[C@H]1CCCC[C@@H]1CC(C)(C)C(=O)O. The lowest BCUT2D eigenvalue weighted by atomic mass is 9.72. The fourth-order valence-electron chi connectivity index (χ4n) is 2.44. The molecule has 0 heterocycles. The van der Waals surface area contributed by atoms with Gasteiger partial charge >= 0.3 is 5.97 Å². The highest BCUT2D eigenvalue weighted by atomic mass is 16.4. The van der Waals surface area contributed by atoms with Gasteiger partial charge in [-0.05, 0) is 32.1 Å². The van der Waals surface area contributed by atoms with Crippen molar-refractivity contribution in [1.29, 1.82) is 0 Å². The maximum absolute atomic E-state index is 11.0. The average molecular weight is 198 g/mol. The van der Waals surface area contributed by atoms with Gasteiger partial charge in [-0.15, -0.1) is 0 Å². The van der Waals surface area contributed by atoms with E-state index in [9.17, 15) is 4.79 Å². The molecule has 0 aromatic rings. The zero-order valence-corrected chi connectivity index (χ0v) is 9.55. The maximum Gasteiger partial charge on any atom is 0.309 e. The first kappa shape index (κ1) is 11.5. The molecule has 1 fully saturated rings. The van der Waals surface area contributed by atoms with Crippen molar-refractivity contribution >= 4 is 5.97 Å². The van der Waals surface area contributed by atoms with Gasteiger partial charge in [0.2, 0.25) is 0 Å². The van der Waals surface area contributed by atoms with Crippen molar-refractivity contribution in [1.82, 2.24) is 0 Å². The Morgan fingerprint density at radius 2 is 1.93 bits per heavy atom. The van der Waals surface area contributed by atoms with Crippen LogP contribution in [0.2, 0.25) is 0 Å². The second kappa shape index (κ2) is 4.33. The van der Waals surface area contributed by atoms with Gasteiger partial charge in [-0.1, -0.05) is 32.6 Å². The predicted octanol–water partition coefficient (Wildman–Crippen LogP) is 3.31. The van der Waals surface area contributed by atoms with Gasteiger partial charge in [-0.25, -0.2) is 0 Å². The van der Waals surface area contributed by atoms with Crippen LogP contribution < -0.4 is 0 Å². The van der Waals surface area contributed by atoms with Gasteiger partial charge < -0.3 is 5.11 Å². The topological polar surface area (TPSA) is 37.3 Å². The van der Waals surface area contributed by atoms with Crippen LogP contribution >= 0.6 is 0 Å². The Morgan fingerprint density at radius 1 is 1.36 bits per heavy atom. The Bertz CT molecular complexity index is 208. The van der Waals surface area contributed by atoms with E-state index in [1.807, 2.05) is 13.8 Å². The Hall–Kier alpha value is -0.530. The molecule has 0 saturated heterocycles. The molecule has 1 N–H and O–H groups in total. The second-order valence-electron chi connectivity index (χ2n) is 5.41. The molecule has 1 aliphatic rings. The highest BCUT2D eigenvalue weighted by Crippen LogP contribution is 2.38. The molecule has 1 rings (SSSR count). The highest BCUT2D eigenvalue weighted by Gasteiger charge is 2.33. The number of carboxylic acids is 1. The molecule has 14 heavy (non-hydrogen) atoms. The molecule has 0 spiro atoms. The van der Waals surface area contributed by atoms with Crippen LogP contribution in [0.5, 0.6) is 0 Å². The van der Waals surface area contributed by atoms with Crippen LogP contribution in [-0.4, -0.2) is 11.1 Å². The highest BCUT2D eigenvalue weighted by molar-refractivity contribution is 5.73. The quantitative estimate of drug-likeness (QED) is 0.755. The first-order valence-corrected chi connectivity index (χ1v) is 5.67. The summed E-state index contributed by atoms with van der Waals surface area (Å²) >= 11 is 0. The van der Waals surface area contributed by atoms with E-state index in [1.54, 1.807) is 0 Å². The summed E-state index contributed by atoms with van der Waals surface area (Å²) in [5, 5.41) is 9.06. The smallest absolute Gasteiger partial charge is 0.309 e. The van der Waals surface area contributed by atoms with E-state index in [0.29, 0.717) is 11.8 Å². The van der Waals surface area contributed by atoms with Crippen LogP contribution in [0, 0.1) is 17.3 Å². The van der Waals surface area contributed by atoms with Crippen molar-refractivity contribution in [3.63, 3.8) is 0 Å². The Morgan fingerprint density at radius 3 is 2.43 bits per heavy atom. The van der Waals surface area contributed by atoms with Gasteiger partial charge in [0, 0.05) is 0 Å². The molecule has 0 aliphatic heterocycles. The van der Waals surface area contributed by atoms with Crippen molar-refractivity contribution < 1.29 is 9.90 Å². The lowest BCUT2D eigenvalue weighted by Crippen LogP contribution is -2.30. The van der Waals surface area contributed by atoms with Crippen LogP contribution in [0.25, 0.3) is 0 Å². The van der Waals surface area contributed by atoms with E-state index >= 15 is 0 Å².